The van der Waals surface area contributed by atoms with Crippen molar-refractivity contribution >= 4 is 17.3 Å². The van der Waals surface area contributed by atoms with Gasteiger partial charge in [-0.05, 0) is 48.4 Å². The van der Waals surface area contributed by atoms with Crippen molar-refractivity contribution in [2.75, 3.05) is 11.9 Å². The van der Waals surface area contributed by atoms with Crippen LogP contribution in [0, 0.1) is 0 Å². The van der Waals surface area contributed by atoms with Gasteiger partial charge in [0.15, 0.2) is 0 Å². The van der Waals surface area contributed by atoms with E-state index in [4.69, 9.17) is 4.74 Å². The Balaban J connectivity index is 1.56. The minimum atomic E-state index is -0.151. The molecule has 2 N–H and O–H groups in total. The fourth-order valence-electron chi connectivity index (χ4n) is 2.64. The van der Waals surface area contributed by atoms with Crippen LogP contribution in [0.15, 0.2) is 72.9 Å². The molecule has 28 heavy (non-hydrogen) atoms. The first-order valence-electron chi connectivity index (χ1n) is 9.52. The number of pyridine rings is 1. The van der Waals surface area contributed by atoms with Gasteiger partial charge in [0.05, 0.1) is 0 Å². The molecule has 0 aliphatic carbocycles. The molecule has 2 aromatic carbocycles. The highest BCUT2D eigenvalue weighted by atomic mass is 16.5. The van der Waals surface area contributed by atoms with Gasteiger partial charge < -0.3 is 15.4 Å². The number of anilines is 2. The molecule has 0 fully saturated rings. The number of hydrogen-bond donors (Lipinski definition) is 2. The Morgan fingerprint density at radius 3 is 2.54 bits per heavy atom. The molecule has 3 rings (SSSR count). The van der Waals surface area contributed by atoms with Crippen LogP contribution in [0.1, 0.15) is 35.8 Å². The summed E-state index contributed by atoms with van der Waals surface area (Å²) in [4.78, 5) is 16.3. The molecule has 0 atom stereocenters. The van der Waals surface area contributed by atoms with Gasteiger partial charge in [0.2, 0.25) is 0 Å². The Hall–Kier alpha value is -3.34. The Labute approximate surface area is 165 Å². The molecule has 0 aliphatic heterocycles. The number of carbonyl (C=O) groups excluding carboxylic acids is 1. The van der Waals surface area contributed by atoms with Crippen molar-refractivity contribution in [2.45, 2.75) is 26.4 Å². The lowest BCUT2D eigenvalue weighted by atomic mass is 10.2. The predicted octanol–water partition coefficient (Wildman–Crippen LogP) is 4.93. The van der Waals surface area contributed by atoms with E-state index < -0.39 is 0 Å². The number of amides is 1. The van der Waals surface area contributed by atoms with E-state index in [-0.39, 0.29) is 5.91 Å². The molecule has 0 saturated heterocycles. The van der Waals surface area contributed by atoms with Crippen LogP contribution in [0.5, 0.6) is 5.75 Å². The number of benzene rings is 2. The number of aromatic nitrogens is 1. The summed E-state index contributed by atoms with van der Waals surface area (Å²) in [5, 5.41) is 6.17. The second-order valence-electron chi connectivity index (χ2n) is 6.46. The van der Waals surface area contributed by atoms with Crippen molar-refractivity contribution < 1.29 is 9.53 Å². The monoisotopic (exact) mass is 375 g/mol. The highest BCUT2D eigenvalue weighted by molar-refractivity contribution is 5.93. The van der Waals surface area contributed by atoms with E-state index in [1.807, 2.05) is 60.7 Å². The zero-order chi connectivity index (χ0) is 19.6. The molecule has 1 heterocycles. The maximum atomic E-state index is 12.1. The molecule has 3 aromatic rings. The van der Waals surface area contributed by atoms with Crippen LogP contribution in [-0.4, -0.2) is 17.4 Å². The Morgan fingerprint density at radius 2 is 1.79 bits per heavy atom. The summed E-state index contributed by atoms with van der Waals surface area (Å²) in [5.41, 5.74) is 3.26. The average molecular weight is 375 g/mol. The number of ether oxygens (including phenoxy) is 1. The van der Waals surface area contributed by atoms with E-state index in [1.165, 1.54) is 0 Å². The predicted molar refractivity (Wildman–Crippen MR) is 112 cm³/mol. The number of rotatable bonds is 9. The van der Waals surface area contributed by atoms with E-state index in [0.29, 0.717) is 18.8 Å². The fourth-order valence-corrected chi connectivity index (χ4v) is 2.64. The zero-order valence-corrected chi connectivity index (χ0v) is 16.0. The molecular weight excluding hydrogens is 350 g/mol. The van der Waals surface area contributed by atoms with Crippen LogP contribution in [-0.2, 0) is 6.61 Å². The summed E-state index contributed by atoms with van der Waals surface area (Å²) in [6.45, 7) is 3.29. The normalized spacial score (nSPS) is 10.3. The SMILES string of the molecule is CCCCNC(=O)c1cc(Nc2ccc(OCc3ccccc3)cc2)ccn1. The largest absolute Gasteiger partial charge is 0.489 e. The molecule has 5 heteroatoms. The van der Waals surface area contributed by atoms with Crippen molar-refractivity contribution in [3.05, 3.63) is 84.2 Å². The van der Waals surface area contributed by atoms with Crippen molar-refractivity contribution in [1.82, 2.24) is 10.3 Å². The van der Waals surface area contributed by atoms with Crippen molar-refractivity contribution in [2.24, 2.45) is 0 Å². The smallest absolute Gasteiger partial charge is 0.269 e. The van der Waals surface area contributed by atoms with Crippen molar-refractivity contribution in [3.8, 4) is 5.75 Å². The fraction of sp³-hybridized carbons (Fsp3) is 0.217. The van der Waals surface area contributed by atoms with Crippen LogP contribution in [0.2, 0.25) is 0 Å². The number of nitrogens with zero attached hydrogens (tertiary/aromatic N) is 1. The lowest BCUT2D eigenvalue weighted by molar-refractivity contribution is 0.0948. The third-order valence-corrected chi connectivity index (χ3v) is 4.20. The summed E-state index contributed by atoms with van der Waals surface area (Å²) in [6.07, 6.45) is 3.64. The molecular formula is C23H25N3O2. The summed E-state index contributed by atoms with van der Waals surface area (Å²) in [5.74, 6) is 0.655. The number of nitrogens with one attached hydrogen (secondary N) is 2. The minimum absolute atomic E-state index is 0.151. The molecule has 1 amide bonds. The summed E-state index contributed by atoms with van der Waals surface area (Å²) < 4.78 is 5.80. The molecule has 0 unspecified atom stereocenters. The molecule has 5 nitrogen and oxygen atoms in total. The summed E-state index contributed by atoms with van der Waals surface area (Å²) in [6, 6.07) is 21.4. The van der Waals surface area contributed by atoms with Crippen molar-refractivity contribution in [1.29, 1.82) is 0 Å². The van der Waals surface area contributed by atoms with Gasteiger partial charge in [0.1, 0.15) is 18.1 Å². The van der Waals surface area contributed by atoms with E-state index in [1.54, 1.807) is 12.3 Å². The lowest BCUT2D eigenvalue weighted by Crippen LogP contribution is -2.25. The zero-order valence-electron chi connectivity index (χ0n) is 16.0. The Bertz CT molecular complexity index is 880. The van der Waals surface area contributed by atoms with Crippen molar-refractivity contribution in [3.63, 3.8) is 0 Å². The average Bonchev–Trinajstić information content (AvgIpc) is 2.74. The number of hydrogen-bond acceptors (Lipinski definition) is 4. The van der Waals surface area contributed by atoms with Crippen LogP contribution < -0.4 is 15.4 Å². The molecule has 1 aromatic heterocycles. The van der Waals surface area contributed by atoms with Crippen LogP contribution in [0.3, 0.4) is 0 Å². The van der Waals surface area contributed by atoms with Gasteiger partial charge in [-0.1, -0.05) is 43.7 Å². The highest BCUT2D eigenvalue weighted by Gasteiger charge is 2.07. The van der Waals surface area contributed by atoms with Crippen LogP contribution >= 0.6 is 0 Å². The van der Waals surface area contributed by atoms with Gasteiger partial charge in [-0.3, -0.25) is 9.78 Å². The first kappa shape index (κ1) is 19.4. The lowest BCUT2D eigenvalue weighted by Gasteiger charge is -2.10. The van der Waals surface area contributed by atoms with Gasteiger partial charge >= 0.3 is 0 Å². The molecule has 144 valence electrons. The third kappa shape index (κ3) is 5.84. The van der Waals surface area contributed by atoms with Crippen LogP contribution in [0.4, 0.5) is 11.4 Å². The Kier molecular flexibility index (Phi) is 7.01. The standard InChI is InChI=1S/C23H25N3O2/c1-2-3-14-25-23(27)22-16-20(13-15-24-22)26-19-9-11-21(12-10-19)28-17-18-7-5-4-6-8-18/h4-13,15-16H,2-3,14,17H2,1H3,(H,24,26)(H,25,27). The maximum Gasteiger partial charge on any atom is 0.269 e. The van der Waals surface area contributed by atoms with Gasteiger partial charge in [-0.2, -0.15) is 0 Å². The van der Waals surface area contributed by atoms with Crippen LogP contribution in [0.25, 0.3) is 0 Å². The molecule has 0 bridgehead atoms. The molecule has 0 saturated carbocycles. The van der Waals surface area contributed by atoms with E-state index in [0.717, 1.165) is 35.5 Å². The molecule has 0 radical (unpaired) electrons. The van der Waals surface area contributed by atoms with Gasteiger partial charge in [0.25, 0.3) is 5.91 Å². The van der Waals surface area contributed by atoms with E-state index in [9.17, 15) is 4.79 Å². The number of unbranched alkanes of at least 4 members (excludes halogenated alkanes) is 1. The Morgan fingerprint density at radius 1 is 1.00 bits per heavy atom. The van der Waals surface area contributed by atoms with E-state index in [2.05, 4.69) is 22.5 Å². The van der Waals surface area contributed by atoms with Gasteiger partial charge in [0, 0.05) is 24.1 Å². The van der Waals surface area contributed by atoms with E-state index >= 15 is 0 Å². The summed E-state index contributed by atoms with van der Waals surface area (Å²) >= 11 is 0. The van der Waals surface area contributed by atoms with Gasteiger partial charge in [-0.15, -0.1) is 0 Å². The molecule has 0 spiro atoms. The topological polar surface area (TPSA) is 63.2 Å². The number of carbonyl (C=O) groups is 1. The molecule has 0 aliphatic rings. The quantitative estimate of drug-likeness (QED) is 0.520. The van der Waals surface area contributed by atoms with Gasteiger partial charge in [-0.25, -0.2) is 0 Å². The first-order valence-corrected chi connectivity index (χ1v) is 9.52. The second kappa shape index (κ2) is 10.1. The second-order valence-corrected chi connectivity index (χ2v) is 6.46. The first-order chi connectivity index (χ1) is 13.7. The minimum Gasteiger partial charge on any atom is -0.489 e. The summed E-state index contributed by atoms with van der Waals surface area (Å²) in [7, 11) is 0. The third-order valence-electron chi connectivity index (χ3n) is 4.20. The maximum absolute atomic E-state index is 12.1. The highest BCUT2D eigenvalue weighted by Crippen LogP contribution is 2.21.